The summed E-state index contributed by atoms with van der Waals surface area (Å²) in [7, 11) is -2.68. The molecule has 7 nitrogen and oxygen atoms in total. The average Bonchev–Trinajstić information content (AvgIpc) is 2.68. The quantitative estimate of drug-likeness (QED) is 0.453. The van der Waals surface area contributed by atoms with Crippen molar-refractivity contribution in [3.8, 4) is 5.75 Å². The maximum absolute atomic E-state index is 12.8. The van der Waals surface area contributed by atoms with Crippen molar-refractivity contribution in [2.75, 3.05) is 52.2 Å². The number of alkyl halides is 1. The molecule has 0 saturated carbocycles. The number of fused-ring (bicyclic) bond motifs is 1. The molecule has 1 aliphatic rings. The molecule has 1 aliphatic heterocycles. The standard InChI is InChI=1S/C19H32FN4O3P/c1-3-22-28(26,23-4-2)10-9-24-8-7-16-11-17(5-6-18(16)19(24)25)27-14-15(12-20)13-21/h5-6,11,15H,3-4,7-10,12-14,21H2,1-2H3,(H2,22,23,26). The fourth-order valence-electron chi connectivity index (χ4n) is 3.19. The van der Waals surface area contributed by atoms with Crippen molar-refractivity contribution in [3.05, 3.63) is 29.3 Å². The van der Waals surface area contributed by atoms with Gasteiger partial charge in [0.25, 0.3) is 5.91 Å². The third-order valence-corrected chi connectivity index (χ3v) is 7.28. The minimum atomic E-state index is -2.68. The molecule has 9 heteroatoms. The lowest BCUT2D eigenvalue weighted by Crippen LogP contribution is -2.40. The van der Waals surface area contributed by atoms with Crippen molar-refractivity contribution in [2.45, 2.75) is 20.3 Å². The SMILES string of the molecule is CCNP(=O)(CCN1CCc2cc(OCC(CN)CF)ccc2C1=O)NCC. The van der Waals surface area contributed by atoms with E-state index in [1.807, 2.05) is 19.9 Å². The molecule has 0 radical (unpaired) electrons. The fraction of sp³-hybridized carbons (Fsp3) is 0.632. The summed E-state index contributed by atoms with van der Waals surface area (Å²) in [5.74, 6) is 0.240. The Kier molecular flexibility index (Phi) is 8.89. The third-order valence-electron chi connectivity index (χ3n) is 4.79. The Morgan fingerprint density at radius 3 is 2.64 bits per heavy atom. The van der Waals surface area contributed by atoms with Crippen molar-refractivity contribution >= 4 is 13.4 Å². The normalized spacial score (nSPS) is 15.4. The summed E-state index contributed by atoms with van der Waals surface area (Å²) in [6.45, 7) is 5.98. The second-order valence-corrected chi connectivity index (χ2v) is 9.47. The third kappa shape index (κ3) is 6.01. The molecule has 2 rings (SSSR count). The molecule has 1 amide bonds. The molecule has 0 saturated heterocycles. The molecule has 158 valence electrons. The van der Waals surface area contributed by atoms with Gasteiger partial charge < -0.3 is 15.4 Å². The van der Waals surface area contributed by atoms with Crippen LogP contribution in [0.15, 0.2) is 18.2 Å². The molecule has 1 aromatic rings. The van der Waals surface area contributed by atoms with E-state index in [-0.39, 0.29) is 25.0 Å². The molecule has 0 aromatic heterocycles. The van der Waals surface area contributed by atoms with Crippen LogP contribution in [0.3, 0.4) is 0 Å². The number of hydrogen-bond donors (Lipinski definition) is 3. The summed E-state index contributed by atoms with van der Waals surface area (Å²) >= 11 is 0. The number of amides is 1. The first-order chi connectivity index (χ1) is 13.5. The number of benzene rings is 1. The number of hydrogen-bond acceptors (Lipinski definition) is 4. The van der Waals surface area contributed by atoms with E-state index in [1.54, 1.807) is 17.0 Å². The van der Waals surface area contributed by atoms with Crippen LogP contribution in [0.2, 0.25) is 0 Å². The van der Waals surface area contributed by atoms with Crippen LogP contribution in [0.5, 0.6) is 5.75 Å². The van der Waals surface area contributed by atoms with Crippen molar-refractivity contribution in [1.82, 2.24) is 15.1 Å². The van der Waals surface area contributed by atoms with Crippen molar-refractivity contribution in [2.24, 2.45) is 11.7 Å². The summed E-state index contributed by atoms with van der Waals surface area (Å²) < 4.78 is 31.2. The molecule has 28 heavy (non-hydrogen) atoms. The van der Waals surface area contributed by atoms with Gasteiger partial charge in [0, 0.05) is 37.3 Å². The van der Waals surface area contributed by atoms with Crippen LogP contribution in [-0.4, -0.2) is 63.0 Å². The zero-order chi connectivity index (χ0) is 20.6. The second kappa shape index (κ2) is 10.9. The molecule has 1 atom stereocenters. The van der Waals surface area contributed by atoms with Gasteiger partial charge in [0.15, 0.2) is 0 Å². The monoisotopic (exact) mass is 414 g/mol. The number of ether oxygens (including phenoxy) is 1. The first kappa shape index (κ1) is 22.8. The number of carbonyl (C=O) groups is 1. The topological polar surface area (TPSA) is 96.7 Å². The first-order valence-corrected chi connectivity index (χ1v) is 11.8. The van der Waals surface area contributed by atoms with Crippen LogP contribution in [0.4, 0.5) is 4.39 Å². The number of carbonyl (C=O) groups excluding carboxylic acids is 1. The number of nitrogens with zero attached hydrogens (tertiary/aromatic N) is 1. The van der Waals surface area contributed by atoms with E-state index in [9.17, 15) is 13.8 Å². The van der Waals surface area contributed by atoms with E-state index in [0.717, 1.165) is 5.56 Å². The van der Waals surface area contributed by atoms with E-state index in [1.165, 1.54) is 0 Å². The summed E-state index contributed by atoms with van der Waals surface area (Å²) in [5.41, 5.74) is 7.05. The van der Waals surface area contributed by atoms with Crippen LogP contribution in [0.25, 0.3) is 0 Å². The predicted octanol–water partition coefficient (Wildman–Crippen LogP) is 2.02. The van der Waals surface area contributed by atoms with Gasteiger partial charge in [-0.3, -0.25) is 23.9 Å². The number of halogens is 1. The highest BCUT2D eigenvalue weighted by molar-refractivity contribution is 7.59. The van der Waals surface area contributed by atoms with Crippen LogP contribution in [0, 0.1) is 5.92 Å². The lowest BCUT2D eigenvalue weighted by atomic mass is 9.99. The average molecular weight is 414 g/mol. The predicted molar refractivity (Wildman–Crippen MR) is 110 cm³/mol. The lowest BCUT2D eigenvalue weighted by Gasteiger charge is -2.30. The van der Waals surface area contributed by atoms with E-state index >= 15 is 0 Å². The van der Waals surface area contributed by atoms with E-state index in [2.05, 4.69) is 10.2 Å². The maximum atomic E-state index is 12.8. The van der Waals surface area contributed by atoms with Crippen molar-refractivity contribution < 1.29 is 18.5 Å². The molecule has 4 N–H and O–H groups in total. The zero-order valence-electron chi connectivity index (χ0n) is 16.7. The lowest BCUT2D eigenvalue weighted by molar-refractivity contribution is 0.0749. The van der Waals surface area contributed by atoms with E-state index < -0.39 is 14.1 Å². The second-order valence-electron chi connectivity index (χ2n) is 6.91. The molecule has 1 unspecified atom stereocenters. The number of nitrogens with two attached hydrogens (primary N) is 1. The molecule has 0 fully saturated rings. The number of rotatable bonds is 12. The Morgan fingerprint density at radius 1 is 1.32 bits per heavy atom. The van der Waals surface area contributed by atoms with Gasteiger partial charge in [-0.05, 0) is 43.3 Å². The number of nitrogens with one attached hydrogen (secondary N) is 2. The van der Waals surface area contributed by atoms with Gasteiger partial charge in [-0.15, -0.1) is 0 Å². The molecular formula is C19H32FN4O3P. The minimum absolute atomic E-state index is 0.0593. The molecular weight excluding hydrogens is 382 g/mol. The maximum Gasteiger partial charge on any atom is 0.254 e. The van der Waals surface area contributed by atoms with Crippen LogP contribution >= 0.6 is 7.44 Å². The van der Waals surface area contributed by atoms with Crippen LogP contribution in [0.1, 0.15) is 29.8 Å². The molecule has 0 spiro atoms. The van der Waals surface area contributed by atoms with Gasteiger partial charge >= 0.3 is 0 Å². The first-order valence-electron chi connectivity index (χ1n) is 9.86. The highest BCUT2D eigenvalue weighted by atomic mass is 31.2. The van der Waals surface area contributed by atoms with Crippen LogP contribution < -0.4 is 20.6 Å². The summed E-state index contributed by atoms with van der Waals surface area (Å²) in [5, 5.41) is 6.06. The fourth-order valence-corrected chi connectivity index (χ4v) is 5.16. The van der Waals surface area contributed by atoms with Gasteiger partial charge in [-0.2, -0.15) is 0 Å². The van der Waals surface area contributed by atoms with Gasteiger partial charge in [-0.25, -0.2) is 0 Å². The minimum Gasteiger partial charge on any atom is -0.493 e. The van der Waals surface area contributed by atoms with Crippen molar-refractivity contribution in [1.29, 1.82) is 0 Å². The molecule has 1 aromatic carbocycles. The Balaban J connectivity index is 2.00. The summed E-state index contributed by atoms with van der Waals surface area (Å²) in [4.78, 5) is 14.6. The smallest absolute Gasteiger partial charge is 0.254 e. The van der Waals surface area contributed by atoms with Crippen LogP contribution in [-0.2, 0) is 11.0 Å². The van der Waals surface area contributed by atoms with E-state index in [4.69, 9.17) is 10.5 Å². The van der Waals surface area contributed by atoms with Gasteiger partial charge in [0.05, 0.1) is 13.3 Å². The molecule has 0 aliphatic carbocycles. The Labute approximate surface area is 166 Å². The summed E-state index contributed by atoms with van der Waals surface area (Å²) in [6.07, 6.45) is 1.09. The van der Waals surface area contributed by atoms with Gasteiger partial charge in [-0.1, -0.05) is 13.8 Å². The highest BCUT2D eigenvalue weighted by Crippen LogP contribution is 2.35. The Hall–Kier alpha value is -1.47. The molecule has 0 bridgehead atoms. The van der Waals surface area contributed by atoms with E-state index in [0.29, 0.717) is 50.1 Å². The Morgan fingerprint density at radius 2 is 2.04 bits per heavy atom. The van der Waals surface area contributed by atoms with Gasteiger partial charge in [0.1, 0.15) is 5.75 Å². The zero-order valence-corrected chi connectivity index (χ0v) is 17.6. The Bertz CT molecular complexity index is 690. The van der Waals surface area contributed by atoms with Crippen molar-refractivity contribution in [3.63, 3.8) is 0 Å². The highest BCUT2D eigenvalue weighted by Gasteiger charge is 2.27. The molecule has 1 heterocycles. The summed E-state index contributed by atoms with van der Waals surface area (Å²) in [6, 6.07) is 5.33. The largest absolute Gasteiger partial charge is 0.493 e. The van der Waals surface area contributed by atoms with Gasteiger partial charge in [0.2, 0.25) is 7.44 Å².